The van der Waals surface area contributed by atoms with Crippen molar-refractivity contribution in [2.24, 2.45) is 22.9 Å². The van der Waals surface area contributed by atoms with E-state index in [1.54, 1.807) is 24.3 Å². The van der Waals surface area contributed by atoms with Crippen molar-refractivity contribution in [3.8, 4) is 11.5 Å². The molecule has 1 aromatic carbocycles. The second-order valence-corrected chi connectivity index (χ2v) is 12.7. The Labute approximate surface area is 287 Å². The van der Waals surface area contributed by atoms with Gasteiger partial charge in [-0.05, 0) is 61.3 Å². The molecule has 13 heteroatoms. The van der Waals surface area contributed by atoms with Crippen LogP contribution >= 0.6 is 11.6 Å². The van der Waals surface area contributed by atoms with E-state index >= 15 is 0 Å². The van der Waals surface area contributed by atoms with E-state index in [0.29, 0.717) is 24.3 Å². The number of allylic oxidation sites excluding steroid dienone is 1. The van der Waals surface area contributed by atoms with Crippen molar-refractivity contribution in [3.63, 3.8) is 0 Å². The highest BCUT2D eigenvalue weighted by atomic mass is 35.5. The van der Waals surface area contributed by atoms with Gasteiger partial charge in [0.15, 0.2) is 0 Å². The number of amides is 1. The lowest BCUT2D eigenvalue weighted by molar-refractivity contribution is -0.256. The van der Waals surface area contributed by atoms with Crippen LogP contribution in [-0.2, 0) is 19.0 Å². The normalized spacial score (nSPS) is 26.6. The highest BCUT2D eigenvalue weighted by Gasteiger charge is 2.65. The number of carbonyl (C=O) groups is 1. The lowest BCUT2D eigenvalue weighted by Crippen LogP contribution is -2.70. The molecule has 4 N–H and O–H groups in total. The molecule has 1 saturated carbocycles. The molecular formula is C35H51ClN2O10. The molecule has 0 radical (unpaired) electrons. The van der Waals surface area contributed by atoms with Crippen LogP contribution in [0.4, 0.5) is 4.79 Å². The van der Waals surface area contributed by atoms with Gasteiger partial charge in [0.25, 0.3) is 0 Å². The zero-order valence-corrected chi connectivity index (χ0v) is 28.6. The molecular weight excluding hydrogens is 644 g/mol. The van der Waals surface area contributed by atoms with E-state index in [1.807, 2.05) is 0 Å². The van der Waals surface area contributed by atoms with Gasteiger partial charge in [0.1, 0.15) is 31.3 Å². The number of fused-ring (bicyclic) bond motifs is 2. The summed E-state index contributed by atoms with van der Waals surface area (Å²) in [6.07, 6.45) is 7.93. The Kier molecular flexibility index (Phi) is 14.8. The second-order valence-electron chi connectivity index (χ2n) is 12.3. The third kappa shape index (κ3) is 8.46. The number of carbonyl (C=O) groups excluding carboxylic acids is 1. The van der Waals surface area contributed by atoms with E-state index in [1.165, 1.54) is 12.0 Å². The number of hydrogen-bond acceptors (Lipinski definition) is 11. The largest absolute Gasteiger partial charge is 0.508 e. The molecule has 1 aliphatic heterocycles. The van der Waals surface area contributed by atoms with Gasteiger partial charge in [-0.15, -0.1) is 18.2 Å². The third-order valence-electron chi connectivity index (χ3n) is 9.48. The van der Waals surface area contributed by atoms with Gasteiger partial charge in [-0.1, -0.05) is 30.1 Å². The van der Waals surface area contributed by atoms with Crippen LogP contribution in [0.15, 0.2) is 47.7 Å². The number of nitrogens with zero attached hydrogens (tertiary/aromatic N) is 2. The van der Waals surface area contributed by atoms with Gasteiger partial charge in [-0.25, -0.2) is 4.79 Å². The number of phenols is 1. The zero-order valence-electron chi connectivity index (χ0n) is 27.8. The molecule has 48 heavy (non-hydrogen) atoms. The fraction of sp³-hybridized carbons (Fsp3) is 0.657. The van der Waals surface area contributed by atoms with Crippen LogP contribution in [0.1, 0.15) is 56.4 Å². The van der Waals surface area contributed by atoms with E-state index in [-0.39, 0.29) is 88.6 Å². The van der Waals surface area contributed by atoms with Crippen LogP contribution in [0.2, 0.25) is 0 Å². The maximum Gasteiger partial charge on any atom is 0.410 e. The molecule has 3 aliphatic rings. The Hall–Kier alpha value is -2.87. The topological polar surface area (TPSA) is 160 Å². The van der Waals surface area contributed by atoms with Crippen molar-refractivity contribution in [3.05, 3.63) is 48.1 Å². The third-order valence-corrected chi connectivity index (χ3v) is 9.64. The Bertz CT molecular complexity index is 1260. The summed E-state index contributed by atoms with van der Waals surface area (Å²) < 4.78 is 25.0. The number of unbranched alkanes of at least 4 members (excludes halogenated alkanes) is 2. The van der Waals surface area contributed by atoms with Crippen LogP contribution in [0.25, 0.3) is 0 Å². The standard InChI is InChI=1S/C35H51ClN2O10/c1-3-17-47-35-31(38(13-19-45-20-16-41)34(43)46-18-12-36)23-29(37-44-2)27-21-24(8-4-6-14-39)26(9-5-7-15-40)32(33(27)35)28-22-25(42)10-11-30(28)48-35/h3,10-11,21-22,24,26,31-33,39-42H,1,4-9,12-20,23H2,2H3. The average molecular weight is 695 g/mol. The number of hydrogen-bond donors (Lipinski definition) is 4. The molecule has 1 amide bonds. The molecule has 1 aromatic rings. The number of rotatable bonds is 20. The number of aromatic hydroxyl groups is 1. The molecule has 1 heterocycles. The average Bonchev–Trinajstić information content (AvgIpc) is 3.08. The smallest absolute Gasteiger partial charge is 0.410 e. The minimum atomic E-state index is -1.45. The fourth-order valence-corrected chi connectivity index (χ4v) is 7.76. The SMILES string of the molecule is C=CCOC12Oc3ccc(O)cc3C3C(CCCCO)C(CCCCO)C=C(C(=NOC)CC1N(CCOCCO)C(=O)OCCCl)C32. The molecule has 6 atom stereocenters. The Morgan fingerprint density at radius 3 is 2.58 bits per heavy atom. The Balaban J connectivity index is 1.97. The number of alkyl halides is 1. The van der Waals surface area contributed by atoms with Crippen molar-refractivity contribution >= 4 is 23.4 Å². The summed E-state index contributed by atoms with van der Waals surface area (Å²) in [5.74, 6) is -1.36. The van der Waals surface area contributed by atoms with Crippen molar-refractivity contribution in [2.75, 3.05) is 65.8 Å². The maximum atomic E-state index is 13.8. The van der Waals surface area contributed by atoms with Gasteiger partial charge < -0.3 is 44.2 Å². The summed E-state index contributed by atoms with van der Waals surface area (Å²) >= 11 is 5.91. The number of aliphatic hydroxyl groups is 3. The molecule has 0 aromatic heterocycles. The molecule has 0 spiro atoms. The maximum absolute atomic E-state index is 13.8. The van der Waals surface area contributed by atoms with E-state index in [4.69, 9.17) is 35.4 Å². The van der Waals surface area contributed by atoms with Crippen LogP contribution in [0.5, 0.6) is 11.5 Å². The first-order valence-electron chi connectivity index (χ1n) is 16.9. The van der Waals surface area contributed by atoms with E-state index < -0.39 is 23.8 Å². The summed E-state index contributed by atoms with van der Waals surface area (Å²) in [6.45, 7) is 4.32. The fourth-order valence-electron chi connectivity index (χ4n) is 7.68. The number of phenolic OH excluding ortho intramolecular Hbond substituents is 1. The molecule has 0 bridgehead atoms. The molecule has 12 nitrogen and oxygen atoms in total. The second kappa shape index (κ2) is 18.8. The Morgan fingerprint density at radius 2 is 1.90 bits per heavy atom. The zero-order chi connectivity index (χ0) is 34.5. The highest BCUT2D eigenvalue weighted by Crippen LogP contribution is 2.61. The van der Waals surface area contributed by atoms with E-state index in [9.17, 15) is 25.2 Å². The lowest BCUT2D eigenvalue weighted by Gasteiger charge is -2.59. The van der Waals surface area contributed by atoms with Gasteiger partial charge in [0, 0.05) is 37.7 Å². The number of ether oxygens (including phenoxy) is 4. The first-order valence-corrected chi connectivity index (χ1v) is 17.4. The summed E-state index contributed by atoms with van der Waals surface area (Å²) in [6, 6.07) is 4.27. The van der Waals surface area contributed by atoms with Gasteiger partial charge >= 0.3 is 6.09 Å². The minimum absolute atomic E-state index is 0.0107. The number of benzene rings is 1. The highest BCUT2D eigenvalue weighted by molar-refractivity contribution is 6.18. The van der Waals surface area contributed by atoms with Gasteiger partial charge in [0.05, 0.1) is 43.9 Å². The predicted octanol–water partition coefficient (Wildman–Crippen LogP) is 4.34. The van der Waals surface area contributed by atoms with Crippen molar-refractivity contribution < 1.29 is 49.0 Å². The lowest BCUT2D eigenvalue weighted by atomic mass is 9.55. The van der Waals surface area contributed by atoms with Crippen LogP contribution in [0.3, 0.4) is 0 Å². The Morgan fingerprint density at radius 1 is 1.12 bits per heavy atom. The van der Waals surface area contributed by atoms with Crippen molar-refractivity contribution in [1.29, 1.82) is 0 Å². The van der Waals surface area contributed by atoms with Gasteiger partial charge in [-0.3, -0.25) is 4.90 Å². The van der Waals surface area contributed by atoms with Gasteiger partial charge in [0.2, 0.25) is 5.79 Å². The minimum Gasteiger partial charge on any atom is -0.508 e. The van der Waals surface area contributed by atoms with Crippen LogP contribution in [0, 0.1) is 17.8 Å². The first kappa shape index (κ1) is 37.9. The molecule has 2 aliphatic carbocycles. The molecule has 4 rings (SSSR count). The molecule has 1 fully saturated rings. The molecule has 6 unspecified atom stereocenters. The molecule has 268 valence electrons. The summed E-state index contributed by atoms with van der Waals surface area (Å²) in [5.41, 5.74) is 2.34. The predicted molar refractivity (Wildman–Crippen MR) is 180 cm³/mol. The summed E-state index contributed by atoms with van der Waals surface area (Å²) in [7, 11) is 1.48. The number of halogens is 1. The van der Waals surface area contributed by atoms with Gasteiger partial charge in [-0.2, -0.15) is 0 Å². The van der Waals surface area contributed by atoms with E-state index in [0.717, 1.165) is 36.8 Å². The quantitative estimate of drug-likeness (QED) is 0.0669. The van der Waals surface area contributed by atoms with Crippen LogP contribution in [-0.4, -0.2) is 115 Å². The number of oxime groups is 1. The monoisotopic (exact) mass is 694 g/mol. The summed E-state index contributed by atoms with van der Waals surface area (Å²) in [4.78, 5) is 20.8. The van der Waals surface area contributed by atoms with Crippen LogP contribution < -0.4 is 4.74 Å². The molecule has 0 saturated heterocycles. The summed E-state index contributed by atoms with van der Waals surface area (Å²) in [5, 5.41) is 43.9. The van der Waals surface area contributed by atoms with Crippen molar-refractivity contribution in [2.45, 2.75) is 62.7 Å². The van der Waals surface area contributed by atoms with Crippen molar-refractivity contribution in [1.82, 2.24) is 4.90 Å². The number of aliphatic hydroxyl groups excluding tert-OH is 3. The first-order chi connectivity index (χ1) is 23.4. The van der Waals surface area contributed by atoms with E-state index in [2.05, 4.69) is 17.8 Å².